The molecule has 0 spiro atoms. The summed E-state index contributed by atoms with van der Waals surface area (Å²) in [7, 11) is 0. The van der Waals surface area contributed by atoms with Gasteiger partial charge in [0.1, 0.15) is 11.6 Å². The van der Waals surface area contributed by atoms with E-state index in [4.69, 9.17) is 16.3 Å². The van der Waals surface area contributed by atoms with Crippen LogP contribution in [0.1, 0.15) is 26.2 Å². The highest BCUT2D eigenvalue weighted by atomic mass is 35.5. The lowest BCUT2D eigenvalue weighted by Crippen LogP contribution is -2.27. The fourth-order valence-corrected chi connectivity index (χ4v) is 5.81. The summed E-state index contributed by atoms with van der Waals surface area (Å²) in [5.74, 6) is 1.75. The van der Waals surface area contributed by atoms with Crippen molar-refractivity contribution in [2.24, 2.45) is 23.7 Å². The highest BCUT2D eigenvalue weighted by Gasteiger charge is 2.60. The van der Waals surface area contributed by atoms with E-state index in [1.165, 1.54) is 12.1 Å². The van der Waals surface area contributed by atoms with E-state index >= 15 is 0 Å². The van der Waals surface area contributed by atoms with Crippen molar-refractivity contribution >= 4 is 40.0 Å². The van der Waals surface area contributed by atoms with Crippen LogP contribution in [-0.2, 0) is 4.79 Å². The zero-order valence-corrected chi connectivity index (χ0v) is 19.2. The Balaban J connectivity index is 1.10. The molecule has 3 aromatic heterocycles. The predicted molar refractivity (Wildman–Crippen MR) is 126 cm³/mol. The number of hydrogen-bond donors (Lipinski definition) is 1. The molecule has 4 aromatic rings. The SMILES string of the molecule is CCC(C(=O)Nc1nc2ccc(Cl)cn2n1)[C@@H]1[C@@H]2C[C@@H](Oc3ccnc4ccc(F)cc34)C[C@@H]21. The minimum absolute atomic E-state index is 0.0445. The Labute approximate surface area is 200 Å². The lowest BCUT2D eigenvalue weighted by molar-refractivity contribution is -0.121. The second-order valence-electron chi connectivity index (χ2n) is 9.18. The summed E-state index contributed by atoms with van der Waals surface area (Å²) in [4.78, 5) is 21.7. The molecule has 0 saturated heterocycles. The summed E-state index contributed by atoms with van der Waals surface area (Å²) >= 11 is 6.00. The number of aromatic nitrogens is 4. The lowest BCUT2D eigenvalue weighted by Gasteiger charge is -2.21. The Bertz CT molecular complexity index is 1400. The van der Waals surface area contributed by atoms with Crippen LogP contribution in [0.2, 0.25) is 5.02 Å². The summed E-state index contributed by atoms with van der Waals surface area (Å²) < 4.78 is 21.6. The first-order valence-electron chi connectivity index (χ1n) is 11.5. The molecule has 6 rings (SSSR count). The molecule has 0 radical (unpaired) electrons. The zero-order chi connectivity index (χ0) is 23.4. The van der Waals surface area contributed by atoms with Crippen LogP contribution in [0.4, 0.5) is 10.3 Å². The summed E-state index contributed by atoms with van der Waals surface area (Å²) in [6.45, 7) is 2.04. The zero-order valence-electron chi connectivity index (χ0n) is 18.5. The van der Waals surface area contributed by atoms with Gasteiger partial charge in [-0.15, -0.1) is 5.10 Å². The maximum atomic E-state index is 13.8. The number of ether oxygens (including phenoxy) is 1. The number of amides is 1. The van der Waals surface area contributed by atoms with Crippen molar-refractivity contribution in [3.63, 3.8) is 0 Å². The van der Waals surface area contributed by atoms with Gasteiger partial charge in [0.05, 0.1) is 16.6 Å². The Kier molecular flexibility index (Phi) is 5.13. The van der Waals surface area contributed by atoms with Crippen LogP contribution >= 0.6 is 11.6 Å². The molecule has 174 valence electrons. The fraction of sp³-hybridized carbons (Fsp3) is 0.360. The smallest absolute Gasteiger partial charge is 0.249 e. The largest absolute Gasteiger partial charge is 0.490 e. The van der Waals surface area contributed by atoms with Crippen LogP contribution in [0.15, 0.2) is 48.8 Å². The van der Waals surface area contributed by atoms with E-state index in [1.807, 2.05) is 6.92 Å². The van der Waals surface area contributed by atoms with Crippen LogP contribution in [0.25, 0.3) is 16.6 Å². The van der Waals surface area contributed by atoms with Crippen molar-refractivity contribution in [2.75, 3.05) is 5.32 Å². The van der Waals surface area contributed by atoms with E-state index in [2.05, 4.69) is 20.4 Å². The van der Waals surface area contributed by atoms with Crippen LogP contribution in [0.3, 0.4) is 0 Å². The molecule has 0 bridgehead atoms. The van der Waals surface area contributed by atoms with Gasteiger partial charge in [-0.25, -0.2) is 8.91 Å². The number of fused-ring (bicyclic) bond motifs is 3. The summed E-state index contributed by atoms with van der Waals surface area (Å²) in [6.07, 6.45) is 5.94. The number of nitrogens with one attached hydrogen (secondary N) is 1. The number of benzene rings is 1. The number of carbonyl (C=O) groups is 1. The molecule has 2 saturated carbocycles. The van der Waals surface area contributed by atoms with Gasteiger partial charge in [-0.1, -0.05) is 18.5 Å². The van der Waals surface area contributed by atoms with Crippen LogP contribution in [-0.4, -0.2) is 31.6 Å². The third-order valence-corrected chi connectivity index (χ3v) is 7.42. The molecule has 2 aliphatic carbocycles. The van der Waals surface area contributed by atoms with Gasteiger partial charge in [-0.05, 0) is 73.4 Å². The number of rotatable bonds is 6. The molecule has 2 aliphatic rings. The number of carbonyl (C=O) groups excluding carboxylic acids is 1. The number of hydrogen-bond acceptors (Lipinski definition) is 5. The van der Waals surface area contributed by atoms with E-state index in [1.54, 1.807) is 41.2 Å². The highest BCUT2D eigenvalue weighted by molar-refractivity contribution is 6.30. The molecule has 1 N–H and O–H groups in total. The maximum absolute atomic E-state index is 13.8. The Morgan fingerprint density at radius 2 is 2.09 bits per heavy atom. The lowest BCUT2D eigenvalue weighted by atomic mass is 9.93. The molecular formula is C25H23ClFN5O2. The van der Waals surface area contributed by atoms with Crippen molar-refractivity contribution < 1.29 is 13.9 Å². The second kappa shape index (κ2) is 8.20. The third-order valence-electron chi connectivity index (χ3n) is 7.20. The number of pyridine rings is 2. The third kappa shape index (κ3) is 3.76. The van der Waals surface area contributed by atoms with Gasteiger partial charge in [0.25, 0.3) is 0 Å². The average molecular weight is 480 g/mol. The molecule has 2 fully saturated rings. The van der Waals surface area contributed by atoms with Crippen molar-refractivity contribution in [3.8, 4) is 5.75 Å². The van der Waals surface area contributed by atoms with Gasteiger partial charge in [-0.2, -0.15) is 4.98 Å². The molecule has 1 unspecified atom stereocenters. The topological polar surface area (TPSA) is 81.4 Å². The van der Waals surface area contributed by atoms with E-state index in [9.17, 15) is 9.18 Å². The quantitative estimate of drug-likeness (QED) is 0.414. The van der Waals surface area contributed by atoms with Crippen molar-refractivity contribution in [3.05, 3.63) is 59.6 Å². The van der Waals surface area contributed by atoms with Crippen LogP contribution in [0.5, 0.6) is 5.75 Å². The van der Waals surface area contributed by atoms with Gasteiger partial charge in [0.2, 0.25) is 11.9 Å². The minimum atomic E-state index is -0.306. The maximum Gasteiger partial charge on any atom is 0.249 e. The van der Waals surface area contributed by atoms with Crippen molar-refractivity contribution in [1.82, 2.24) is 19.6 Å². The van der Waals surface area contributed by atoms with Crippen LogP contribution in [0, 0.1) is 29.5 Å². The van der Waals surface area contributed by atoms with E-state index in [0.717, 1.165) is 19.3 Å². The molecule has 3 heterocycles. The molecule has 0 aliphatic heterocycles. The van der Waals surface area contributed by atoms with E-state index < -0.39 is 0 Å². The Morgan fingerprint density at radius 3 is 2.88 bits per heavy atom. The first-order chi connectivity index (χ1) is 16.5. The molecule has 9 heteroatoms. The second-order valence-corrected chi connectivity index (χ2v) is 9.61. The summed E-state index contributed by atoms with van der Waals surface area (Å²) in [6, 6.07) is 9.82. The normalized spacial score (nSPS) is 24.2. The highest BCUT2D eigenvalue weighted by Crippen LogP contribution is 2.62. The van der Waals surface area contributed by atoms with Crippen LogP contribution < -0.4 is 10.1 Å². The van der Waals surface area contributed by atoms with E-state index in [-0.39, 0.29) is 29.7 Å². The predicted octanol–water partition coefficient (Wildman–Crippen LogP) is 5.14. The first kappa shape index (κ1) is 21.3. The molecule has 1 amide bonds. The molecule has 1 aromatic carbocycles. The fourth-order valence-electron chi connectivity index (χ4n) is 5.66. The Morgan fingerprint density at radius 1 is 1.26 bits per heavy atom. The van der Waals surface area contributed by atoms with Gasteiger partial charge >= 0.3 is 0 Å². The average Bonchev–Trinajstić information content (AvgIpc) is 3.13. The van der Waals surface area contributed by atoms with E-state index in [0.29, 0.717) is 45.1 Å². The van der Waals surface area contributed by atoms with Gasteiger partial charge in [0.15, 0.2) is 5.65 Å². The Hall–Kier alpha value is -3.26. The standard InChI is InChI=1S/C25H23ClFN5O2/c1-2-16(24(33)30-25-29-22-6-3-13(26)12-32(22)31-25)23-17-10-15(11-18(17)23)34-21-7-8-28-20-5-4-14(27)9-19(20)21/h3-9,12,15-18,23H,2,10-11H2,1H3,(H,30,31,33)/t15-,16?,17-,18+,23-. The molecule has 34 heavy (non-hydrogen) atoms. The van der Waals surface area contributed by atoms with Gasteiger partial charge in [-0.3, -0.25) is 15.1 Å². The minimum Gasteiger partial charge on any atom is -0.490 e. The van der Waals surface area contributed by atoms with Crippen molar-refractivity contribution in [2.45, 2.75) is 32.3 Å². The monoisotopic (exact) mass is 479 g/mol. The number of anilines is 1. The molecular weight excluding hydrogens is 457 g/mol. The van der Waals surface area contributed by atoms with Gasteiger partial charge in [0, 0.05) is 23.7 Å². The number of halogens is 2. The summed E-state index contributed by atoms with van der Waals surface area (Å²) in [5, 5.41) is 8.44. The number of nitrogens with zero attached hydrogens (tertiary/aromatic N) is 4. The molecule has 5 atom stereocenters. The van der Waals surface area contributed by atoms with Crippen molar-refractivity contribution in [1.29, 1.82) is 0 Å². The molecule has 7 nitrogen and oxygen atoms in total. The first-order valence-corrected chi connectivity index (χ1v) is 11.9. The summed E-state index contributed by atoms with van der Waals surface area (Å²) in [5.41, 5.74) is 1.34. The van der Waals surface area contributed by atoms with Gasteiger partial charge < -0.3 is 4.74 Å².